The molecule has 1 aromatic carbocycles. The van der Waals surface area contributed by atoms with E-state index in [0.717, 1.165) is 18.4 Å². The second-order valence-corrected chi connectivity index (χ2v) is 4.46. The molecule has 20 heavy (non-hydrogen) atoms. The molecule has 2 N–H and O–H groups in total. The summed E-state index contributed by atoms with van der Waals surface area (Å²) in [5.74, 6) is -1.03. The molecule has 5 nitrogen and oxygen atoms in total. The minimum absolute atomic E-state index is 0.0153. The molecule has 0 aliphatic carbocycles. The third-order valence-electron chi connectivity index (χ3n) is 2.76. The number of hydrazone groups is 1. The van der Waals surface area contributed by atoms with Gasteiger partial charge in [-0.1, -0.05) is 43.7 Å². The number of carbonyl (C=O) groups excluding carboxylic acids is 1. The summed E-state index contributed by atoms with van der Waals surface area (Å²) in [5, 5.41) is 12.8. The van der Waals surface area contributed by atoms with Gasteiger partial charge < -0.3 is 5.11 Å². The lowest BCUT2D eigenvalue weighted by Gasteiger charge is -2.06. The first-order valence-electron chi connectivity index (χ1n) is 6.76. The van der Waals surface area contributed by atoms with Crippen molar-refractivity contribution >= 4 is 17.6 Å². The van der Waals surface area contributed by atoms with E-state index in [0.29, 0.717) is 12.1 Å². The SMILES string of the molecule is CCCCC(=O)NN=C(CCC(=O)O)c1ccccc1. The van der Waals surface area contributed by atoms with Crippen LogP contribution in [0.2, 0.25) is 0 Å². The van der Waals surface area contributed by atoms with Gasteiger partial charge in [-0.3, -0.25) is 9.59 Å². The van der Waals surface area contributed by atoms with Crippen LogP contribution in [0.3, 0.4) is 0 Å². The van der Waals surface area contributed by atoms with E-state index in [1.165, 1.54) is 0 Å². The molecule has 0 aliphatic heterocycles. The summed E-state index contributed by atoms with van der Waals surface area (Å²) in [5.41, 5.74) is 3.90. The van der Waals surface area contributed by atoms with Crippen molar-refractivity contribution in [1.82, 2.24) is 5.43 Å². The molecule has 108 valence electrons. The van der Waals surface area contributed by atoms with Gasteiger partial charge in [0.2, 0.25) is 5.91 Å². The summed E-state index contributed by atoms with van der Waals surface area (Å²) in [7, 11) is 0. The fourth-order valence-corrected chi connectivity index (χ4v) is 1.64. The van der Waals surface area contributed by atoms with Gasteiger partial charge in [-0.15, -0.1) is 0 Å². The van der Waals surface area contributed by atoms with Crippen LogP contribution in [0.25, 0.3) is 0 Å². The Bertz CT molecular complexity index is 469. The second-order valence-electron chi connectivity index (χ2n) is 4.46. The number of nitrogens with zero attached hydrogens (tertiary/aromatic N) is 1. The second kappa shape index (κ2) is 8.85. The molecular weight excluding hydrogens is 256 g/mol. The van der Waals surface area contributed by atoms with Crippen molar-refractivity contribution in [2.45, 2.75) is 39.0 Å². The lowest BCUT2D eigenvalue weighted by Crippen LogP contribution is -2.20. The third-order valence-corrected chi connectivity index (χ3v) is 2.76. The van der Waals surface area contributed by atoms with Crippen LogP contribution in [-0.4, -0.2) is 22.7 Å². The summed E-state index contributed by atoms with van der Waals surface area (Å²) >= 11 is 0. The molecule has 1 rings (SSSR count). The van der Waals surface area contributed by atoms with E-state index < -0.39 is 5.97 Å². The van der Waals surface area contributed by atoms with Crippen molar-refractivity contribution in [2.24, 2.45) is 5.10 Å². The summed E-state index contributed by atoms with van der Waals surface area (Å²) < 4.78 is 0. The molecule has 0 atom stereocenters. The third kappa shape index (κ3) is 6.13. The van der Waals surface area contributed by atoms with Gasteiger partial charge >= 0.3 is 5.97 Å². The van der Waals surface area contributed by atoms with Crippen molar-refractivity contribution in [2.75, 3.05) is 0 Å². The predicted molar refractivity (Wildman–Crippen MR) is 77.5 cm³/mol. The molecule has 0 saturated carbocycles. The normalized spacial score (nSPS) is 11.2. The van der Waals surface area contributed by atoms with Crippen molar-refractivity contribution < 1.29 is 14.7 Å². The number of hydrogen-bond acceptors (Lipinski definition) is 3. The molecule has 0 aliphatic rings. The Morgan fingerprint density at radius 2 is 1.85 bits per heavy atom. The molecule has 1 aromatic rings. The Balaban J connectivity index is 2.71. The molecule has 0 heterocycles. The van der Waals surface area contributed by atoms with E-state index in [2.05, 4.69) is 10.5 Å². The number of amides is 1. The minimum Gasteiger partial charge on any atom is -0.481 e. The maximum absolute atomic E-state index is 11.5. The molecule has 1 amide bonds. The largest absolute Gasteiger partial charge is 0.481 e. The number of unbranched alkanes of at least 4 members (excludes halogenated alkanes) is 1. The van der Waals surface area contributed by atoms with Gasteiger partial charge in [0.15, 0.2) is 0 Å². The lowest BCUT2D eigenvalue weighted by molar-refractivity contribution is -0.136. The Kier molecular flexibility index (Phi) is 7.03. The number of rotatable bonds is 8. The zero-order chi connectivity index (χ0) is 14.8. The van der Waals surface area contributed by atoms with Gasteiger partial charge in [0.25, 0.3) is 0 Å². The topological polar surface area (TPSA) is 78.8 Å². The lowest BCUT2D eigenvalue weighted by atomic mass is 10.1. The molecule has 0 spiro atoms. The number of aliphatic carboxylic acids is 1. The predicted octanol–water partition coefficient (Wildman–Crippen LogP) is 2.56. The highest BCUT2D eigenvalue weighted by molar-refractivity contribution is 6.02. The highest BCUT2D eigenvalue weighted by Gasteiger charge is 2.07. The average Bonchev–Trinajstić information content (AvgIpc) is 2.45. The zero-order valence-corrected chi connectivity index (χ0v) is 11.6. The van der Waals surface area contributed by atoms with Gasteiger partial charge in [-0.2, -0.15) is 5.10 Å². The molecule has 0 bridgehead atoms. The Labute approximate surface area is 118 Å². The first-order chi connectivity index (χ1) is 9.63. The molecule has 0 radical (unpaired) electrons. The van der Waals surface area contributed by atoms with Crippen LogP contribution in [0.1, 0.15) is 44.6 Å². The quantitative estimate of drug-likeness (QED) is 0.565. The van der Waals surface area contributed by atoms with Crippen LogP contribution in [-0.2, 0) is 9.59 Å². The number of hydrogen-bond donors (Lipinski definition) is 2. The number of nitrogens with one attached hydrogen (secondary N) is 1. The van der Waals surface area contributed by atoms with E-state index in [9.17, 15) is 9.59 Å². The van der Waals surface area contributed by atoms with E-state index in [1.54, 1.807) is 0 Å². The smallest absolute Gasteiger partial charge is 0.303 e. The van der Waals surface area contributed by atoms with Crippen LogP contribution < -0.4 is 5.43 Å². The van der Waals surface area contributed by atoms with Crippen molar-refractivity contribution in [3.63, 3.8) is 0 Å². The maximum Gasteiger partial charge on any atom is 0.303 e. The number of benzene rings is 1. The highest BCUT2D eigenvalue weighted by atomic mass is 16.4. The van der Waals surface area contributed by atoms with Gasteiger partial charge in [0, 0.05) is 12.8 Å². The standard InChI is InChI=1S/C15H20N2O3/c1-2-3-9-14(18)17-16-13(10-11-15(19)20)12-7-5-4-6-8-12/h4-8H,2-3,9-11H2,1H3,(H,17,18)(H,19,20). The molecular formula is C15H20N2O3. The van der Waals surface area contributed by atoms with Gasteiger partial charge in [-0.05, 0) is 12.0 Å². The highest BCUT2D eigenvalue weighted by Crippen LogP contribution is 2.06. The summed E-state index contributed by atoms with van der Waals surface area (Å²) in [4.78, 5) is 22.2. The number of carboxylic acids is 1. The number of carboxylic acid groups (broad SMARTS) is 1. The summed E-state index contributed by atoms with van der Waals surface area (Å²) in [6.07, 6.45) is 2.46. The Morgan fingerprint density at radius 3 is 2.45 bits per heavy atom. The van der Waals surface area contributed by atoms with E-state index >= 15 is 0 Å². The van der Waals surface area contributed by atoms with Crippen LogP contribution in [0, 0.1) is 0 Å². The zero-order valence-electron chi connectivity index (χ0n) is 11.6. The van der Waals surface area contributed by atoms with Crippen molar-refractivity contribution in [3.8, 4) is 0 Å². The van der Waals surface area contributed by atoms with Crippen molar-refractivity contribution in [1.29, 1.82) is 0 Å². The fraction of sp³-hybridized carbons (Fsp3) is 0.400. The summed E-state index contributed by atoms with van der Waals surface area (Å²) in [6, 6.07) is 9.27. The first kappa shape index (κ1) is 15.9. The molecule has 5 heteroatoms. The van der Waals surface area contributed by atoms with Gasteiger partial charge in [-0.25, -0.2) is 5.43 Å². The van der Waals surface area contributed by atoms with Crippen molar-refractivity contribution in [3.05, 3.63) is 35.9 Å². The molecule has 0 saturated heterocycles. The monoisotopic (exact) mass is 276 g/mol. The van der Waals surface area contributed by atoms with Gasteiger partial charge in [0.05, 0.1) is 12.1 Å². The minimum atomic E-state index is -0.883. The van der Waals surface area contributed by atoms with E-state index in [4.69, 9.17) is 5.11 Å². The number of carbonyl (C=O) groups is 2. The molecule has 0 aromatic heterocycles. The molecule has 0 fully saturated rings. The van der Waals surface area contributed by atoms with E-state index in [1.807, 2.05) is 37.3 Å². The maximum atomic E-state index is 11.5. The van der Waals surface area contributed by atoms with Crippen LogP contribution >= 0.6 is 0 Å². The summed E-state index contributed by atoms with van der Waals surface area (Å²) in [6.45, 7) is 2.01. The Hall–Kier alpha value is -2.17. The van der Waals surface area contributed by atoms with E-state index in [-0.39, 0.29) is 18.7 Å². The van der Waals surface area contributed by atoms with Crippen LogP contribution in [0.4, 0.5) is 0 Å². The van der Waals surface area contributed by atoms with Crippen LogP contribution in [0.5, 0.6) is 0 Å². The molecule has 0 unspecified atom stereocenters. The Morgan fingerprint density at radius 1 is 1.15 bits per heavy atom. The first-order valence-corrected chi connectivity index (χ1v) is 6.76. The average molecular weight is 276 g/mol. The van der Waals surface area contributed by atoms with Crippen LogP contribution in [0.15, 0.2) is 35.4 Å². The van der Waals surface area contributed by atoms with Gasteiger partial charge in [0.1, 0.15) is 0 Å². The fourth-order valence-electron chi connectivity index (χ4n) is 1.64.